The van der Waals surface area contributed by atoms with Gasteiger partial charge in [0, 0.05) is 0 Å². The fourth-order valence-electron chi connectivity index (χ4n) is 2.82. The van der Waals surface area contributed by atoms with Gasteiger partial charge in [0.15, 0.2) is 0 Å². The van der Waals surface area contributed by atoms with Crippen LogP contribution in [0.25, 0.3) is 22.1 Å². The number of fused-ring (bicyclic) bond motifs is 5. The quantitative estimate of drug-likeness (QED) is 0.358. The zero-order valence-electron chi connectivity index (χ0n) is 11.1. The molecule has 104 valence electrons. The molecule has 0 spiro atoms. The van der Waals surface area contributed by atoms with E-state index >= 15 is 0 Å². The van der Waals surface area contributed by atoms with Gasteiger partial charge in [-0.25, -0.2) is 0 Å². The molecule has 3 aromatic rings. The summed E-state index contributed by atoms with van der Waals surface area (Å²) in [6.45, 7) is 1.86. The SMILES string of the molecule is Cc1ccc2c(c1)-c1c(c3ccccc3oc1=O)[Se]2(=O)=O. The summed E-state index contributed by atoms with van der Waals surface area (Å²) in [7, 11) is 0. The minimum atomic E-state index is -4.57. The molecule has 0 amide bonds. The summed E-state index contributed by atoms with van der Waals surface area (Å²) in [5.74, 6) is 0. The van der Waals surface area contributed by atoms with E-state index in [9.17, 15) is 12.5 Å². The first kappa shape index (κ1) is 12.5. The molecular formula is C16H10O4Se. The van der Waals surface area contributed by atoms with Crippen LogP contribution in [0.2, 0.25) is 0 Å². The molecule has 4 nitrogen and oxygen atoms in total. The molecule has 0 saturated carbocycles. The van der Waals surface area contributed by atoms with E-state index in [1.165, 1.54) is 0 Å². The molecular weight excluding hydrogens is 335 g/mol. The summed E-state index contributed by atoms with van der Waals surface area (Å²) in [5.41, 5.74) is 1.26. The number of para-hydroxylation sites is 1. The van der Waals surface area contributed by atoms with E-state index in [1.807, 2.05) is 6.92 Å². The molecule has 1 aliphatic heterocycles. The summed E-state index contributed by atoms with van der Waals surface area (Å²) < 4.78 is 31.4. The maximum atomic E-state index is 12.8. The van der Waals surface area contributed by atoms with Gasteiger partial charge in [0.1, 0.15) is 0 Å². The number of hydrogen-bond donors (Lipinski definition) is 0. The average molecular weight is 345 g/mol. The van der Waals surface area contributed by atoms with Crippen LogP contribution in [0.5, 0.6) is 0 Å². The van der Waals surface area contributed by atoms with Gasteiger partial charge in [-0.2, -0.15) is 0 Å². The van der Waals surface area contributed by atoms with Crippen LogP contribution in [0.3, 0.4) is 0 Å². The molecule has 21 heavy (non-hydrogen) atoms. The molecule has 1 aromatic heterocycles. The van der Waals surface area contributed by atoms with Gasteiger partial charge in [-0.05, 0) is 0 Å². The van der Waals surface area contributed by atoms with Crippen LogP contribution < -0.4 is 14.5 Å². The van der Waals surface area contributed by atoms with E-state index in [1.54, 1.807) is 42.5 Å². The predicted molar refractivity (Wildman–Crippen MR) is 79.1 cm³/mol. The van der Waals surface area contributed by atoms with E-state index in [-0.39, 0.29) is 14.5 Å². The Hall–Kier alpha value is -2.23. The van der Waals surface area contributed by atoms with Crippen molar-refractivity contribution in [2.45, 2.75) is 6.92 Å². The van der Waals surface area contributed by atoms with Crippen molar-refractivity contribution in [1.82, 2.24) is 0 Å². The first-order valence-electron chi connectivity index (χ1n) is 6.42. The van der Waals surface area contributed by atoms with Crippen LogP contribution in [0.1, 0.15) is 5.56 Å². The number of hydrogen-bond acceptors (Lipinski definition) is 4. The molecule has 0 bridgehead atoms. The van der Waals surface area contributed by atoms with Crippen molar-refractivity contribution < 1.29 is 12.1 Å². The van der Waals surface area contributed by atoms with E-state index < -0.39 is 18.3 Å². The normalized spacial score (nSPS) is 14.9. The third-order valence-corrected chi connectivity index (χ3v) is 7.71. The van der Waals surface area contributed by atoms with Gasteiger partial charge in [-0.15, -0.1) is 0 Å². The van der Waals surface area contributed by atoms with E-state index in [0.29, 0.717) is 16.5 Å². The van der Waals surface area contributed by atoms with Crippen molar-refractivity contribution in [3.63, 3.8) is 0 Å². The Bertz CT molecular complexity index is 1080. The van der Waals surface area contributed by atoms with Gasteiger partial charge in [0.25, 0.3) is 0 Å². The van der Waals surface area contributed by atoms with Crippen molar-refractivity contribution in [2.24, 2.45) is 0 Å². The van der Waals surface area contributed by atoms with Crippen molar-refractivity contribution >= 4 is 32.6 Å². The fourth-order valence-corrected chi connectivity index (χ4v) is 6.67. The average Bonchev–Trinajstić information content (AvgIpc) is 2.68. The standard InChI is InChI=1S/C16H10O4Se/c1-9-6-7-13-11(8-9)14-15(21(13,18)19)10-4-2-3-5-12(10)20-16(14)17/h2-8H,1H3. The Balaban J connectivity index is 2.32. The van der Waals surface area contributed by atoms with Gasteiger partial charge in [0.2, 0.25) is 0 Å². The number of benzene rings is 2. The molecule has 0 saturated heterocycles. The third-order valence-electron chi connectivity index (χ3n) is 3.73. The van der Waals surface area contributed by atoms with E-state index in [4.69, 9.17) is 4.42 Å². The first-order valence-corrected chi connectivity index (χ1v) is 9.53. The van der Waals surface area contributed by atoms with Crippen LogP contribution in [0.15, 0.2) is 51.7 Å². The molecule has 0 N–H and O–H groups in total. The summed E-state index contributed by atoms with van der Waals surface area (Å²) in [6, 6.07) is 11.8. The summed E-state index contributed by atoms with van der Waals surface area (Å²) in [6.07, 6.45) is 0. The molecule has 2 aromatic carbocycles. The van der Waals surface area contributed by atoms with Crippen LogP contribution in [-0.4, -0.2) is 12.7 Å². The molecule has 0 atom stereocenters. The molecule has 0 fully saturated rings. The zero-order chi connectivity index (χ0) is 14.8. The van der Waals surface area contributed by atoms with E-state index in [0.717, 1.165) is 5.56 Å². The number of rotatable bonds is 0. The molecule has 0 radical (unpaired) electrons. The Labute approximate surface area is 121 Å². The van der Waals surface area contributed by atoms with Crippen molar-refractivity contribution in [3.05, 3.63) is 58.4 Å². The van der Waals surface area contributed by atoms with Crippen LogP contribution in [0, 0.1) is 6.92 Å². The predicted octanol–water partition coefficient (Wildman–Crippen LogP) is 1.50. The molecule has 2 heterocycles. The Morgan fingerprint density at radius 2 is 1.81 bits per heavy atom. The molecule has 0 aliphatic carbocycles. The second-order valence-corrected chi connectivity index (χ2v) is 8.98. The minimum absolute atomic E-state index is 0.138. The Morgan fingerprint density at radius 3 is 2.62 bits per heavy atom. The molecule has 0 unspecified atom stereocenters. The topological polar surface area (TPSA) is 64.3 Å². The van der Waals surface area contributed by atoms with Crippen molar-refractivity contribution in [1.29, 1.82) is 0 Å². The van der Waals surface area contributed by atoms with Gasteiger partial charge in [0.05, 0.1) is 0 Å². The van der Waals surface area contributed by atoms with Gasteiger partial charge >= 0.3 is 121 Å². The second kappa shape index (κ2) is 3.91. The molecule has 1 aliphatic rings. The van der Waals surface area contributed by atoms with Gasteiger partial charge < -0.3 is 0 Å². The molecule has 4 rings (SSSR count). The maximum absolute atomic E-state index is 12.8. The number of aryl methyl sites for hydroxylation is 1. The van der Waals surface area contributed by atoms with E-state index in [2.05, 4.69) is 0 Å². The van der Waals surface area contributed by atoms with Crippen LogP contribution >= 0.6 is 0 Å². The van der Waals surface area contributed by atoms with Crippen LogP contribution in [-0.2, 0) is 7.67 Å². The summed E-state index contributed by atoms with van der Waals surface area (Å²) >= 11 is -4.57. The molecule has 5 heteroatoms. The van der Waals surface area contributed by atoms with Crippen molar-refractivity contribution in [2.75, 3.05) is 0 Å². The zero-order valence-corrected chi connectivity index (χ0v) is 12.8. The Morgan fingerprint density at radius 1 is 1.05 bits per heavy atom. The fraction of sp³-hybridized carbons (Fsp3) is 0.0625. The summed E-state index contributed by atoms with van der Waals surface area (Å²) in [4.78, 5) is 12.3. The van der Waals surface area contributed by atoms with Gasteiger partial charge in [-0.3, -0.25) is 0 Å². The summed E-state index contributed by atoms with van der Waals surface area (Å²) in [5, 5.41) is 0.478. The first-order chi connectivity index (χ1) is 10.00. The third kappa shape index (κ3) is 1.53. The second-order valence-electron chi connectivity index (χ2n) is 5.09. The van der Waals surface area contributed by atoms with Gasteiger partial charge in [-0.1, -0.05) is 0 Å². The Kier molecular flexibility index (Phi) is 2.33. The monoisotopic (exact) mass is 346 g/mol. The van der Waals surface area contributed by atoms with Crippen molar-refractivity contribution in [3.8, 4) is 11.1 Å². The van der Waals surface area contributed by atoms with Crippen LogP contribution in [0.4, 0.5) is 0 Å².